The maximum absolute atomic E-state index is 4.67. The first kappa shape index (κ1) is 12.1. The van der Waals surface area contributed by atoms with Crippen molar-refractivity contribution in [1.29, 1.82) is 0 Å². The molecule has 0 spiro atoms. The second kappa shape index (κ2) is 5.36. The van der Waals surface area contributed by atoms with Gasteiger partial charge in [0.05, 0.1) is 10.4 Å². The molecular weight excluding hydrogens is 254 g/mol. The molecule has 2 aromatic heterocycles. The lowest BCUT2D eigenvalue weighted by Crippen LogP contribution is -2.04. The van der Waals surface area contributed by atoms with Gasteiger partial charge in [-0.05, 0) is 30.0 Å². The van der Waals surface area contributed by atoms with Crippen LogP contribution in [0.3, 0.4) is 0 Å². The second-order valence-electron chi connectivity index (χ2n) is 4.32. The number of fused-ring (bicyclic) bond motifs is 1. The highest BCUT2D eigenvalue weighted by atomic mass is 32.1. The van der Waals surface area contributed by atoms with Crippen molar-refractivity contribution >= 4 is 28.1 Å². The molecule has 3 aromatic rings. The molecule has 0 atom stereocenters. The minimum absolute atomic E-state index is 0.798. The molecular formula is C15H15N3S. The summed E-state index contributed by atoms with van der Waals surface area (Å²) in [6.45, 7) is 3.07. The molecule has 0 aliphatic rings. The molecule has 19 heavy (non-hydrogen) atoms. The molecule has 0 amide bonds. The van der Waals surface area contributed by atoms with Gasteiger partial charge in [-0.2, -0.15) is 0 Å². The van der Waals surface area contributed by atoms with Crippen LogP contribution in [-0.4, -0.2) is 16.5 Å². The van der Waals surface area contributed by atoms with E-state index in [0.717, 1.165) is 40.4 Å². The van der Waals surface area contributed by atoms with Crippen molar-refractivity contribution in [3.8, 4) is 10.7 Å². The van der Waals surface area contributed by atoms with Crippen molar-refractivity contribution in [2.45, 2.75) is 13.3 Å². The van der Waals surface area contributed by atoms with Crippen LogP contribution in [-0.2, 0) is 0 Å². The molecule has 96 valence electrons. The summed E-state index contributed by atoms with van der Waals surface area (Å²) >= 11 is 1.66. The number of benzene rings is 1. The highest BCUT2D eigenvalue weighted by molar-refractivity contribution is 7.13. The molecule has 0 bridgehead atoms. The van der Waals surface area contributed by atoms with Gasteiger partial charge in [0.15, 0.2) is 5.82 Å². The lowest BCUT2D eigenvalue weighted by molar-refractivity contribution is 0.970. The Bertz CT molecular complexity index is 677. The Balaban J connectivity index is 2.15. The van der Waals surface area contributed by atoms with Crippen LogP contribution in [0.5, 0.6) is 0 Å². The van der Waals surface area contributed by atoms with Crippen molar-refractivity contribution in [2.75, 3.05) is 11.9 Å². The predicted molar refractivity (Wildman–Crippen MR) is 81.6 cm³/mol. The largest absolute Gasteiger partial charge is 0.369 e. The monoisotopic (exact) mass is 269 g/mol. The van der Waals surface area contributed by atoms with E-state index in [9.17, 15) is 0 Å². The molecule has 4 heteroatoms. The first-order valence-corrected chi connectivity index (χ1v) is 7.31. The Morgan fingerprint density at radius 2 is 2.00 bits per heavy atom. The molecule has 2 heterocycles. The summed E-state index contributed by atoms with van der Waals surface area (Å²) in [6, 6.07) is 12.2. The molecule has 1 N–H and O–H groups in total. The Kier molecular flexibility index (Phi) is 3.42. The smallest absolute Gasteiger partial charge is 0.172 e. The Morgan fingerprint density at radius 1 is 1.11 bits per heavy atom. The van der Waals surface area contributed by atoms with Crippen LogP contribution in [0.2, 0.25) is 0 Å². The Hall–Kier alpha value is -1.94. The summed E-state index contributed by atoms with van der Waals surface area (Å²) < 4.78 is 0. The summed E-state index contributed by atoms with van der Waals surface area (Å²) in [5.41, 5.74) is 0.986. The number of nitrogens with zero attached hydrogens (tertiary/aromatic N) is 2. The van der Waals surface area contributed by atoms with E-state index in [1.165, 1.54) is 0 Å². The standard InChI is InChI=1S/C15H15N3S/c1-2-9-16-14-11-6-3-4-7-12(11)17-15(18-14)13-8-5-10-19-13/h3-8,10H,2,9H2,1H3,(H,16,17,18). The summed E-state index contributed by atoms with van der Waals surface area (Å²) in [6.07, 6.45) is 1.08. The summed E-state index contributed by atoms with van der Waals surface area (Å²) in [5, 5.41) is 6.52. The van der Waals surface area contributed by atoms with Crippen LogP contribution in [0.1, 0.15) is 13.3 Å². The van der Waals surface area contributed by atoms with Gasteiger partial charge in [0.1, 0.15) is 5.82 Å². The van der Waals surface area contributed by atoms with E-state index in [4.69, 9.17) is 0 Å². The SMILES string of the molecule is CCCNc1nc(-c2cccs2)nc2ccccc12. The molecule has 3 rings (SSSR count). The molecule has 1 aromatic carbocycles. The fourth-order valence-electron chi connectivity index (χ4n) is 1.97. The van der Waals surface area contributed by atoms with Crippen molar-refractivity contribution < 1.29 is 0 Å². The number of anilines is 1. The van der Waals surface area contributed by atoms with Gasteiger partial charge in [-0.15, -0.1) is 11.3 Å². The van der Waals surface area contributed by atoms with Crippen molar-refractivity contribution in [1.82, 2.24) is 9.97 Å². The number of para-hydroxylation sites is 1. The van der Waals surface area contributed by atoms with Crippen molar-refractivity contribution in [3.63, 3.8) is 0 Å². The number of hydrogen-bond donors (Lipinski definition) is 1. The minimum atomic E-state index is 0.798. The summed E-state index contributed by atoms with van der Waals surface area (Å²) in [4.78, 5) is 10.4. The van der Waals surface area contributed by atoms with Crippen molar-refractivity contribution in [2.24, 2.45) is 0 Å². The first-order chi connectivity index (χ1) is 9.38. The van der Waals surface area contributed by atoms with Gasteiger partial charge >= 0.3 is 0 Å². The maximum atomic E-state index is 4.67. The summed E-state index contributed by atoms with van der Waals surface area (Å²) in [7, 11) is 0. The van der Waals surface area contributed by atoms with Gasteiger partial charge in [0.2, 0.25) is 0 Å². The Morgan fingerprint density at radius 3 is 2.79 bits per heavy atom. The molecule has 3 nitrogen and oxygen atoms in total. The number of thiophene rings is 1. The van der Waals surface area contributed by atoms with E-state index in [0.29, 0.717) is 0 Å². The highest BCUT2D eigenvalue weighted by Gasteiger charge is 2.09. The third-order valence-electron chi connectivity index (χ3n) is 2.89. The van der Waals surface area contributed by atoms with Crippen LogP contribution < -0.4 is 5.32 Å². The fraction of sp³-hybridized carbons (Fsp3) is 0.200. The quantitative estimate of drug-likeness (QED) is 0.772. The molecule has 0 aliphatic heterocycles. The number of rotatable bonds is 4. The van der Waals surface area contributed by atoms with Crippen LogP contribution in [0.15, 0.2) is 41.8 Å². The number of hydrogen-bond acceptors (Lipinski definition) is 4. The topological polar surface area (TPSA) is 37.8 Å². The predicted octanol–water partition coefficient (Wildman–Crippen LogP) is 4.18. The normalized spacial score (nSPS) is 10.8. The molecule has 0 radical (unpaired) electrons. The van der Waals surface area contributed by atoms with E-state index in [-0.39, 0.29) is 0 Å². The molecule has 0 saturated carbocycles. The third-order valence-corrected chi connectivity index (χ3v) is 3.75. The molecule has 0 saturated heterocycles. The lowest BCUT2D eigenvalue weighted by atomic mass is 10.2. The van der Waals surface area contributed by atoms with Crippen molar-refractivity contribution in [3.05, 3.63) is 41.8 Å². The van der Waals surface area contributed by atoms with Crippen LogP contribution in [0.25, 0.3) is 21.6 Å². The number of nitrogens with one attached hydrogen (secondary N) is 1. The minimum Gasteiger partial charge on any atom is -0.369 e. The van der Waals surface area contributed by atoms with Gasteiger partial charge in [-0.1, -0.05) is 25.1 Å². The van der Waals surface area contributed by atoms with E-state index >= 15 is 0 Å². The van der Waals surface area contributed by atoms with Gasteiger partial charge in [-0.3, -0.25) is 0 Å². The van der Waals surface area contributed by atoms with Crippen LogP contribution in [0, 0.1) is 0 Å². The zero-order valence-electron chi connectivity index (χ0n) is 10.8. The second-order valence-corrected chi connectivity index (χ2v) is 5.26. The molecule has 0 fully saturated rings. The van der Waals surface area contributed by atoms with E-state index < -0.39 is 0 Å². The fourth-order valence-corrected chi connectivity index (χ4v) is 2.63. The lowest BCUT2D eigenvalue weighted by Gasteiger charge is -2.09. The number of aromatic nitrogens is 2. The highest BCUT2D eigenvalue weighted by Crippen LogP contribution is 2.27. The third kappa shape index (κ3) is 2.44. The zero-order chi connectivity index (χ0) is 13.1. The Labute approximate surface area is 116 Å². The van der Waals surface area contributed by atoms with Gasteiger partial charge in [-0.25, -0.2) is 9.97 Å². The van der Waals surface area contributed by atoms with Crippen LogP contribution in [0.4, 0.5) is 5.82 Å². The van der Waals surface area contributed by atoms with E-state index in [1.807, 2.05) is 29.6 Å². The van der Waals surface area contributed by atoms with E-state index in [1.54, 1.807) is 11.3 Å². The average molecular weight is 269 g/mol. The van der Waals surface area contributed by atoms with E-state index in [2.05, 4.69) is 34.3 Å². The first-order valence-electron chi connectivity index (χ1n) is 6.43. The molecule has 0 aliphatic carbocycles. The molecule has 0 unspecified atom stereocenters. The maximum Gasteiger partial charge on any atom is 0.172 e. The average Bonchev–Trinajstić information content (AvgIpc) is 2.98. The van der Waals surface area contributed by atoms with Gasteiger partial charge in [0, 0.05) is 11.9 Å². The zero-order valence-corrected chi connectivity index (χ0v) is 11.6. The van der Waals surface area contributed by atoms with Gasteiger partial charge in [0.25, 0.3) is 0 Å². The summed E-state index contributed by atoms with van der Waals surface area (Å²) in [5.74, 6) is 1.73. The van der Waals surface area contributed by atoms with Crippen LogP contribution >= 0.6 is 11.3 Å². The van der Waals surface area contributed by atoms with Gasteiger partial charge < -0.3 is 5.32 Å².